The molecule has 13 heteroatoms. The highest BCUT2D eigenvalue weighted by molar-refractivity contribution is 6.23. The smallest absolute Gasteiger partial charge is 0.262 e. The number of fused-ring (bicyclic) bond motifs is 2. The van der Waals surface area contributed by atoms with Gasteiger partial charge < -0.3 is 14.0 Å². The Balaban J connectivity index is 0.857. The maximum absolute atomic E-state index is 13.4. The van der Waals surface area contributed by atoms with Crippen molar-refractivity contribution >= 4 is 40.2 Å². The number of aryl methyl sites for hydroxylation is 1. The van der Waals surface area contributed by atoms with Gasteiger partial charge >= 0.3 is 0 Å². The molecule has 0 bridgehead atoms. The fourth-order valence-electron chi connectivity index (χ4n) is 9.29. The number of nitrogens with zero attached hydrogens (tertiary/aromatic N) is 4. The number of nitrogens with one attached hydrogen (secondary N) is 1. The van der Waals surface area contributed by atoms with Crippen molar-refractivity contribution in [3.63, 3.8) is 0 Å². The molecule has 1 aliphatic carbocycles. The third-order valence-electron chi connectivity index (χ3n) is 12.5. The molecule has 4 amide bonds. The number of aromatic nitrogens is 2. The molecule has 2 aromatic carbocycles. The van der Waals surface area contributed by atoms with Gasteiger partial charge in [-0.1, -0.05) is 11.8 Å². The number of carbonyl (C=O) groups excluding carboxylic acids is 5. The molecule has 1 N–H and O–H groups in total. The van der Waals surface area contributed by atoms with Crippen LogP contribution in [0.3, 0.4) is 0 Å². The minimum absolute atomic E-state index is 0.0207. The van der Waals surface area contributed by atoms with Crippen LogP contribution in [0.15, 0.2) is 59.8 Å². The van der Waals surface area contributed by atoms with Gasteiger partial charge in [-0.15, -0.1) is 0 Å². The molecule has 1 saturated carbocycles. The number of methoxy groups -OCH3 is 2. The first-order valence-corrected chi connectivity index (χ1v) is 19.8. The zero-order valence-corrected chi connectivity index (χ0v) is 32.9. The highest BCUT2D eigenvalue weighted by Crippen LogP contribution is 2.50. The first-order chi connectivity index (χ1) is 28.0. The molecule has 8 rings (SSSR count). The van der Waals surface area contributed by atoms with E-state index in [1.54, 1.807) is 56.4 Å². The van der Waals surface area contributed by atoms with Crippen LogP contribution < -0.4 is 20.3 Å². The number of hydrogen-bond donors (Lipinski definition) is 1. The summed E-state index contributed by atoms with van der Waals surface area (Å²) >= 11 is 0. The van der Waals surface area contributed by atoms with Crippen molar-refractivity contribution in [3.05, 3.63) is 87.6 Å². The van der Waals surface area contributed by atoms with Gasteiger partial charge in [-0.3, -0.25) is 48.9 Å². The highest BCUT2D eigenvalue weighted by Gasteiger charge is 2.45. The highest BCUT2D eigenvalue weighted by atomic mass is 16.5. The van der Waals surface area contributed by atoms with E-state index in [0.717, 1.165) is 83.7 Å². The lowest BCUT2D eigenvalue weighted by atomic mass is 9.76. The molecule has 5 heterocycles. The summed E-state index contributed by atoms with van der Waals surface area (Å²) in [5, 5.41) is 3.56. The largest absolute Gasteiger partial charge is 0.496 e. The average Bonchev–Trinajstić information content (AvgIpc) is 3.75. The van der Waals surface area contributed by atoms with Crippen LogP contribution in [0.2, 0.25) is 0 Å². The van der Waals surface area contributed by atoms with Gasteiger partial charge in [-0.05, 0) is 104 Å². The number of piperidine rings is 2. The summed E-state index contributed by atoms with van der Waals surface area (Å²) in [6.07, 6.45) is 10.9. The van der Waals surface area contributed by atoms with Gasteiger partial charge in [-0.25, -0.2) is 0 Å². The van der Waals surface area contributed by atoms with Crippen LogP contribution in [-0.2, 0) is 28.0 Å². The minimum Gasteiger partial charge on any atom is -0.496 e. The molecular formula is C45H45N5O8. The second-order valence-corrected chi connectivity index (χ2v) is 15.9. The van der Waals surface area contributed by atoms with E-state index in [-0.39, 0.29) is 46.6 Å². The Morgan fingerprint density at radius 1 is 0.914 bits per heavy atom. The molecule has 2 atom stereocenters. The van der Waals surface area contributed by atoms with Crippen LogP contribution >= 0.6 is 0 Å². The molecule has 13 nitrogen and oxygen atoms in total. The van der Waals surface area contributed by atoms with Crippen LogP contribution in [0.1, 0.15) is 89.6 Å². The van der Waals surface area contributed by atoms with Gasteiger partial charge in [0.15, 0.2) is 0 Å². The van der Waals surface area contributed by atoms with E-state index in [0.29, 0.717) is 30.3 Å². The number of hydrogen-bond acceptors (Lipinski definition) is 10. The normalized spacial score (nSPS) is 20.2. The van der Waals surface area contributed by atoms with Gasteiger partial charge in [-0.2, -0.15) is 0 Å². The fraction of sp³-hybridized carbons (Fsp3) is 0.400. The number of benzene rings is 2. The standard InChI is InChI=1S/C45H45N5O8/c1-48-25-34(30-13-17-46-24-33(30)42(48)54)29-21-38(57-2)35(39(22-29)58-3)26-49-18-15-45(16-19-49)14-12-28(23-45)37(51)7-5-4-6-27-8-9-31-32(20-27)44(56)50(43(31)55)36-10-11-40(52)47-41(36)53/h8-9,13,17,20-22,24-25,28,36H,5,7,10-12,14-16,18-19,23,26H2,1-3H3,(H,47,52,53). The van der Waals surface area contributed by atoms with Gasteiger partial charge in [0, 0.05) is 68.5 Å². The van der Waals surface area contributed by atoms with E-state index < -0.39 is 29.7 Å². The zero-order chi connectivity index (χ0) is 40.7. The Morgan fingerprint density at radius 2 is 1.66 bits per heavy atom. The molecule has 3 fully saturated rings. The minimum atomic E-state index is -1.02. The van der Waals surface area contributed by atoms with Crippen LogP contribution in [0, 0.1) is 23.2 Å². The molecule has 4 aliphatic rings. The van der Waals surface area contributed by atoms with Gasteiger partial charge in [0.1, 0.15) is 23.3 Å². The summed E-state index contributed by atoms with van der Waals surface area (Å²) in [6, 6.07) is 9.61. The van der Waals surface area contributed by atoms with Crippen molar-refractivity contribution in [2.75, 3.05) is 27.3 Å². The lowest BCUT2D eigenvalue weighted by Crippen LogP contribution is -2.54. The molecule has 298 valence electrons. The lowest BCUT2D eigenvalue weighted by molar-refractivity contribution is -0.136. The number of imide groups is 2. The summed E-state index contributed by atoms with van der Waals surface area (Å²) in [5.41, 5.74) is 3.71. The van der Waals surface area contributed by atoms with Gasteiger partial charge in [0.05, 0.1) is 36.3 Å². The first kappa shape index (κ1) is 38.7. The fourth-order valence-corrected chi connectivity index (χ4v) is 9.29. The Kier molecular flexibility index (Phi) is 10.5. The van der Waals surface area contributed by atoms with Gasteiger partial charge in [0.2, 0.25) is 11.8 Å². The first-order valence-electron chi connectivity index (χ1n) is 19.8. The predicted octanol–water partition coefficient (Wildman–Crippen LogP) is 4.80. The summed E-state index contributed by atoms with van der Waals surface area (Å²) in [6.45, 7) is 2.46. The van der Waals surface area contributed by atoms with Crippen molar-refractivity contribution < 1.29 is 33.4 Å². The van der Waals surface area contributed by atoms with E-state index in [2.05, 4.69) is 27.0 Å². The number of ether oxygens (including phenoxy) is 2. The second kappa shape index (κ2) is 15.7. The molecule has 58 heavy (non-hydrogen) atoms. The number of amides is 4. The number of rotatable bonds is 9. The summed E-state index contributed by atoms with van der Waals surface area (Å²) in [7, 11) is 5.06. The van der Waals surface area contributed by atoms with E-state index in [4.69, 9.17) is 9.47 Å². The van der Waals surface area contributed by atoms with Crippen molar-refractivity contribution in [2.45, 2.75) is 70.4 Å². The summed E-state index contributed by atoms with van der Waals surface area (Å²) in [5.74, 6) is 5.61. The molecule has 3 aliphatic heterocycles. The van der Waals surface area contributed by atoms with Crippen LogP contribution in [0.4, 0.5) is 0 Å². The second-order valence-electron chi connectivity index (χ2n) is 15.9. The molecule has 2 saturated heterocycles. The van der Waals surface area contributed by atoms with Gasteiger partial charge in [0.25, 0.3) is 17.4 Å². The van der Waals surface area contributed by atoms with Crippen molar-refractivity contribution in [2.24, 2.45) is 18.4 Å². The van der Waals surface area contributed by atoms with Crippen molar-refractivity contribution in [1.82, 2.24) is 24.7 Å². The van der Waals surface area contributed by atoms with E-state index >= 15 is 0 Å². The Labute approximate surface area is 335 Å². The zero-order valence-electron chi connectivity index (χ0n) is 32.9. The quantitative estimate of drug-likeness (QED) is 0.185. The van der Waals surface area contributed by atoms with Crippen molar-refractivity contribution in [3.8, 4) is 34.5 Å². The molecule has 0 radical (unpaired) electrons. The molecule has 1 spiro atoms. The van der Waals surface area contributed by atoms with Crippen LogP contribution in [0.5, 0.6) is 11.5 Å². The Hall–Kier alpha value is -6.13. The maximum Gasteiger partial charge on any atom is 0.262 e. The van der Waals surface area contributed by atoms with Crippen LogP contribution in [0.25, 0.3) is 21.9 Å². The molecule has 2 aromatic heterocycles. The molecule has 2 unspecified atom stereocenters. The Bertz CT molecular complexity index is 2480. The van der Waals surface area contributed by atoms with E-state index in [1.807, 2.05) is 24.4 Å². The summed E-state index contributed by atoms with van der Waals surface area (Å²) < 4.78 is 13.4. The third-order valence-corrected chi connectivity index (χ3v) is 12.5. The SMILES string of the molecule is COc1cc(-c2cn(C)c(=O)c3cnccc23)cc(OC)c1CN1CCC2(CCC(C(=O)CCC#Cc3ccc4c(c3)C(=O)N(C3CCC(=O)NC3=O)C4=O)C2)CC1. The van der Waals surface area contributed by atoms with E-state index in [9.17, 15) is 28.8 Å². The average molecular weight is 784 g/mol. The topological polar surface area (TPSA) is 157 Å². The van der Waals surface area contributed by atoms with E-state index in [1.165, 1.54) is 0 Å². The lowest BCUT2D eigenvalue weighted by Gasteiger charge is -2.40. The predicted molar refractivity (Wildman–Crippen MR) is 214 cm³/mol. The third kappa shape index (κ3) is 7.17. The molecular weight excluding hydrogens is 739 g/mol. The number of pyridine rings is 2. The monoisotopic (exact) mass is 783 g/mol. The number of likely N-dealkylation sites (tertiary alicyclic amines) is 1. The maximum atomic E-state index is 13.4. The summed E-state index contributed by atoms with van der Waals surface area (Å²) in [4.78, 5) is 83.8. The number of Topliss-reactive ketones (excluding diaryl/α,β-unsaturated/α-hetero) is 1. The number of ketones is 1. The molecule has 4 aromatic rings. The number of carbonyl (C=O) groups is 5. The van der Waals surface area contributed by atoms with Crippen molar-refractivity contribution in [1.29, 1.82) is 0 Å². The Morgan fingerprint density at radius 3 is 2.38 bits per heavy atom. The van der Waals surface area contributed by atoms with Crippen LogP contribution in [-0.4, -0.2) is 82.1 Å².